The summed E-state index contributed by atoms with van der Waals surface area (Å²) in [5.41, 5.74) is 10.2. The second-order valence-electron chi connectivity index (χ2n) is 9.93. The molecule has 2 N–H and O–H groups in total. The maximum absolute atomic E-state index is 11.4. The van der Waals surface area contributed by atoms with Gasteiger partial charge in [-0.3, -0.25) is 4.79 Å². The fraction of sp³-hybridized carbons (Fsp3) is 0.444. The Labute approximate surface area is 199 Å². The van der Waals surface area contributed by atoms with Crippen LogP contribution in [-0.4, -0.2) is 34.2 Å². The fourth-order valence-electron chi connectivity index (χ4n) is 5.70. The van der Waals surface area contributed by atoms with Gasteiger partial charge in [-0.25, -0.2) is 4.98 Å². The standard InChI is InChI=1S/C27H30N4O3/c1-16-4-2-3-5-22(16)25-23(26(34-30-25)17-6-7-17)15-33-21-12-19-9-10-20(13-21)31(19)24-11-8-18(14-29-24)27(28)32/h2-5,8,11,14,17,19-21H,6-7,9-10,12-13,15H2,1H3,(H2,28,32)/t19-,20?,21-/m0/s1. The Bertz CT molecular complexity index is 1190. The molecule has 0 radical (unpaired) electrons. The molecule has 0 spiro atoms. The molecule has 1 amide bonds. The van der Waals surface area contributed by atoms with Gasteiger partial charge < -0.3 is 19.9 Å². The van der Waals surface area contributed by atoms with Gasteiger partial charge >= 0.3 is 0 Å². The first-order valence-electron chi connectivity index (χ1n) is 12.3. The van der Waals surface area contributed by atoms with E-state index in [1.165, 1.54) is 18.4 Å². The van der Waals surface area contributed by atoms with E-state index in [1.54, 1.807) is 12.3 Å². The van der Waals surface area contributed by atoms with E-state index in [4.69, 9.17) is 15.0 Å². The maximum atomic E-state index is 11.4. The van der Waals surface area contributed by atoms with Crippen molar-refractivity contribution in [2.45, 2.75) is 76.2 Å². The molecule has 2 saturated heterocycles. The van der Waals surface area contributed by atoms with Crippen LogP contribution >= 0.6 is 0 Å². The molecule has 3 fully saturated rings. The number of anilines is 1. The lowest BCUT2D eigenvalue weighted by Gasteiger charge is -2.39. The van der Waals surface area contributed by atoms with E-state index in [0.717, 1.165) is 54.1 Å². The summed E-state index contributed by atoms with van der Waals surface area (Å²) in [6.45, 7) is 2.65. The minimum Gasteiger partial charge on any atom is -0.373 e. The molecule has 2 aliphatic heterocycles. The number of ether oxygens (including phenoxy) is 1. The number of hydrogen-bond acceptors (Lipinski definition) is 6. The van der Waals surface area contributed by atoms with E-state index in [2.05, 4.69) is 46.2 Å². The summed E-state index contributed by atoms with van der Waals surface area (Å²) in [5, 5.41) is 4.48. The molecule has 6 rings (SSSR count). The van der Waals surface area contributed by atoms with Gasteiger partial charge in [-0.2, -0.15) is 0 Å². The third-order valence-electron chi connectivity index (χ3n) is 7.62. The first kappa shape index (κ1) is 21.4. The van der Waals surface area contributed by atoms with E-state index in [9.17, 15) is 4.79 Å². The number of amides is 1. The van der Waals surface area contributed by atoms with Crippen LogP contribution in [0.2, 0.25) is 0 Å². The van der Waals surface area contributed by atoms with Crippen LogP contribution in [0.15, 0.2) is 47.1 Å². The maximum Gasteiger partial charge on any atom is 0.250 e. The molecule has 34 heavy (non-hydrogen) atoms. The Morgan fingerprint density at radius 1 is 1.12 bits per heavy atom. The van der Waals surface area contributed by atoms with Crippen LogP contribution in [0.5, 0.6) is 0 Å². The van der Waals surface area contributed by atoms with Crippen LogP contribution in [0.1, 0.15) is 71.7 Å². The molecular formula is C27H30N4O3. The average Bonchev–Trinajstić information content (AvgIpc) is 3.55. The predicted molar refractivity (Wildman–Crippen MR) is 129 cm³/mol. The van der Waals surface area contributed by atoms with E-state index in [1.807, 2.05) is 6.07 Å². The first-order chi connectivity index (χ1) is 16.6. The molecule has 2 bridgehead atoms. The Hall–Kier alpha value is -3.19. The summed E-state index contributed by atoms with van der Waals surface area (Å²) in [6.07, 6.45) is 8.33. The number of benzene rings is 1. The van der Waals surface area contributed by atoms with Crippen molar-refractivity contribution in [1.82, 2.24) is 10.1 Å². The third-order valence-corrected chi connectivity index (χ3v) is 7.62. The van der Waals surface area contributed by atoms with Gasteiger partial charge in [0.05, 0.1) is 18.3 Å². The van der Waals surface area contributed by atoms with Crippen LogP contribution in [0, 0.1) is 6.92 Å². The third kappa shape index (κ3) is 3.88. The number of hydrogen-bond donors (Lipinski definition) is 1. The molecular weight excluding hydrogens is 428 g/mol. The molecule has 3 atom stereocenters. The predicted octanol–water partition coefficient (Wildman–Crippen LogP) is 4.74. The summed E-state index contributed by atoms with van der Waals surface area (Å²) in [4.78, 5) is 18.3. The largest absolute Gasteiger partial charge is 0.373 e. The molecule has 176 valence electrons. The van der Waals surface area contributed by atoms with Crippen LogP contribution < -0.4 is 10.6 Å². The van der Waals surface area contributed by atoms with Gasteiger partial charge in [0.1, 0.15) is 17.3 Å². The quantitative estimate of drug-likeness (QED) is 0.550. The lowest BCUT2D eigenvalue weighted by molar-refractivity contribution is 0.0146. The zero-order valence-corrected chi connectivity index (χ0v) is 19.4. The number of aryl methyl sites for hydroxylation is 1. The molecule has 1 saturated carbocycles. The van der Waals surface area contributed by atoms with Crippen molar-refractivity contribution in [2.24, 2.45) is 5.73 Å². The van der Waals surface area contributed by atoms with E-state index in [-0.39, 0.29) is 6.10 Å². The number of aromatic nitrogens is 2. The van der Waals surface area contributed by atoms with Gasteiger partial charge in [0, 0.05) is 35.3 Å². The van der Waals surface area contributed by atoms with E-state index in [0.29, 0.717) is 30.2 Å². The highest BCUT2D eigenvalue weighted by Gasteiger charge is 2.42. The van der Waals surface area contributed by atoms with Gasteiger partial charge in [-0.1, -0.05) is 29.4 Å². The zero-order chi connectivity index (χ0) is 23.2. The number of carbonyl (C=O) groups is 1. The molecule has 1 aliphatic carbocycles. The van der Waals surface area contributed by atoms with E-state index >= 15 is 0 Å². The number of rotatable bonds is 7. The van der Waals surface area contributed by atoms with Crippen molar-refractivity contribution in [3.8, 4) is 11.3 Å². The second kappa shape index (κ2) is 8.55. The highest BCUT2D eigenvalue weighted by molar-refractivity contribution is 5.92. The SMILES string of the molecule is Cc1ccccc1-c1noc(C2CC2)c1CO[C@@H]1CC2CC[C@@H](C1)N2c1ccc(C(N)=O)cn1. The summed E-state index contributed by atoms with van der Waals surface area (Å²) >= 11 is 0. The van der Waals surface area contributed by atoms with Crippen molar-refractivity contribution in [1.29, 1.82) is 0 Å². The normalized spacial score (nSPS) is 23.9. The molecule has 1 aromatic carbocycles. The molecule has 7 nitrogen and oxygen atoms in total. The minimum atomic E-state index is -0.446. The summed E-state index contributed by atoms with van der Waals surface area (Å²) in [7, 11) is 0. The number of primary amides is 1. The summed E-state index contributed by atoms with van der Waals surface area (Å²) in [6, 6.07) is 12.8. The van der Waals surface area contributed by atoms with Crippen molar-refractivity contribution in [3.63, 3.8) is 0 Å². The number of nitrogens with two attached hydrogens (primary N) is 1. The van der Waals surface area contributed by atoms with Crippen molar-refractivity contribution in [2.75, 3.05) is 4.90 Å². The molecule has 2 aromatic heterocycles. The Kier molecular flexibility index (Phi) is 5.37. The number of nitrogens with zero attached hydrogens (tertiary/aromatic N) is 3. The van der Waals surface area contributed by atoms with Gasteiger partial charge in [0.2, 0.25) is 5.91 Å². The van der Waals surface area contributed by atoms with E-state index < -0.39 is 5.91 Å². The van der Waals surface area contributed by atoms with Gasteiger partial charge in [0.15, 0.2) is 0 Å². The minimum absolute atomic E-state index is 0.199. The average molecular weight is 459 g/mol. The smallest absolute Gasteiger partial charge is 0.250 e. The Morgan fingerprint density at radius 2 is 1.88 bits per heavy atom. The van der Waals surface area contributed by atoms with Crippen LogP contribution in [-0.2, 0) is 11.3 Å². The van der Waals surface area contributed by atoms with Crippen molar-refractivity contribution < 1.29 is 14.1 Å². The van der Waals surface area contributed by atoms with Gasteiger partial charge in [-0.15, -0.1) is 0 Å². The van der Waals surface area contributed by atoms with Crippen LogP contribution in [0.3, 0.4) is 0 Å². The number of piperidine rings is 1. The highest BCUT2D eigenvalue weighted by Crippen LogP contribution is 2.45. The lowest BCUT2D eigenvalue weighted by atomic mass is 9.98. The number of fused-ring (bicyclic) bond motifs is 2. The number of carbonyl (C=O) groups excluding carboxylic acids is 1. The molecule has 1 unspecified atom stereocenters. The zero-order valence-electron chi connectivity index (χ0n) is 19.4. The number of pyridine rings is 1. The van der Waals surface area contributed by atoms with Crippen molar-refractivity contribution >= 4 is 11.7 Å². The molecule has 7 heteroatoms. The topological polar surface area (TPSA) is 94.5 Å². The fourth-order valence-corrected chi connectivity index (χ4v) is 5.70. The van der Waals surface area contributed by atoms with Gasteiger partial charge in [-0.05, 0) is 63.1 Å². The monoisotopic (exact) mass is 458 g/mol. The van der Waals surface area contributed by atoms with Crippen LogP contribution in [0.25, 0.3) is 11.3 Å². The Balaban J connectivity index is 1.18. The second-order valence-corrected chi connectivity index (χ2v) is 9.93. The van der Waals surface area contributed by atoms with Crippen molar-refractivity contribution in [3.05, 3.63) is 65.0 Å². The summed E-state index contributed by atoms with van der Waals surface area (Å²) < 4.78 is 12.4. The first-order valence-corrected chi connectivity index (χ1v) is 12.3. The molecule has 3 aliphatic rings. The summed E-state index contributed by atoms with van der Waals surface area (Å²) in [5.74, 6) is 1.97. The lowest BCUT2D eigenvalue weighted by Crippen LogP contribution is -2.46. The molecule has 3 aromatic rings. The molecule has 4 heterocycles. The highest BCUT2D eigenvalue weighted by atomic mass is 16.5. The van der Waals surface area contributed by atoms with Gasteiger partial charge in [0.25, 0.3) is 0 Å². The van der Waals surface area contributed by atoms with Crippen LogP contribution in [0.4, 0.5) is 5.82 Å². The Morgan fingerprint density at radius 3 is 2.53 bits per heavy atom.